The number of urea groups is 1. The van der Waals surface area contributed by atoms with Crippen molar-refractivity contribution in [2.45, 2.75) is 12.5 Å². The molecule has 4 amide bonds. The number of hydrogen-bond donors (Lipinski definition) is 2. The van der Waals surface area contributed by atoms with E-state index < -0.39 is 23.4 Å². The molecule has 9 nitrogen and oxygen atoms in total. The van der Waals surface area contributed by atoms with E-state index in [0.29, 0.717) is 27.8 Å². The van der Waals surface area contributed by atoms with Crippen LogP contribution in [-0.2, 0) is 15.1 Å². The standard InChI is InChI=1S/C20H21N3O6/c1-20(13-5-4-6-16(11-13)28-3)18(25)23(19(26)21-20)22-17(24)12-29-15-9-7-14(27-2)8-10-15/h4-11H,12H2,1-3H3,(H,21,26)(H,22,24)/t20-/m1/s1. The van der Waals surface area contributed by atoms with Crippen LogP contribution in [0.1, 0.15) is 12.5 Å². The molecule has 3 rings (SSSR count). The van der Waals surface area contributed by atoms with E-state index in [1.165, 1.54) is 7.11 Å². The van der Waals surface area contributed by atoms with E-state index in [4.69, 9.17) is 14.2 Å². The average molecular weight is 399 g/mol. The predicted octanol–water partition coefficient (Wildman–Crippen LogP) is 1.58. The van der Waals surface area contributed by atoms with Crippen LogP contribution in [0.2, 0.25) is 0 Å². The molecule has 1 atom stereocenters. The van der Waals surface area contributed by atoms with Gasteiger partial charge in [0, 0.05) is 0 Å². The lowest BCUT2D eigenvalue weighted by Gasteiger charge is -2.22. The number of imide groups is 1. The molecule has 0 bridgehead atoms. The summed E-state index contributed by atoms with van der Waals surface area (Å²) in [6.07, 6.45) is 0. The van der Waals surface area contributed by atoms with E-state index >= 15 is 0 Å². The van der Waals surface area contributed by atoms with Crippen molar-refractivity contribution >= 4 is 17.8 Å². The Balaban J connectivity index is 1.65. The Morgan fingerprint density at radius 3 is 2.34 bits per heavy atom. The zero-order valence-electron chi connectivity index (χ0n) is 16.2. The number of hydrogen-bond acceptors (Lipinski definition) is 6. The summed E-state index contributed by atoms with van der Waals surface area (Å²) in [5.41, 5.74) is 1.47. The minimum atomic E-state index is -1.34. The zero-order chi connectivity index (χ0) is 21.0. The number of carbonyl (C=O) groups is 3. The Hall–Kier alpha value is -3.75. The van der Waals surface area contributed by atoms with Crippen LogP contribution >= 0.6 is 0 Å². The summed E-state index contributed by atoms with van der Waals surface area (Å²) in [4.78, 5) is 37.3. The summed E-state index contributed by atoms with van der Waals surface area (Å²) in [6.45, 7) is 1.18. The second-order valence-electron chi connectivity index (χ2n) is 6.43. The van der Waals surface area contributed by atoms with Crippen LogP contribution in [0, 0.1) is 0 Å². The number of benzene rings is 2. The van der Waals surface area contributed by atoms with Crippen LogP contribution in [0.25, 0.3) is 0 Å². The number of ether oxygens (including phenoxy) is 3. The van der Waals surface area contributed by atoms with Gasteiger partial charge in [0.1, 0.15) is 22.8 Å². The molecule has 2 N–H and O–H groups in total. The van der Waals surface area contributed by atoms with Gasteiger partial charge in [-0.1, -0.05) is 12.1 Å². The highest BCUT2D eigenvalue weighted by atomic mass is 16.5. The summed E-state index contributed by atoms with van der Waals surface area (Å²) in [5.74, 6) is 0.367. The maximum atomic E-state index is 12.9. The van der Waals surface area contributed by atoms with Crippen LogP contribution in [0.15, 0.2) is 48.5 Å². The SMILES string of the molecule is COc1ccc(OCC(=O)NN2C(=O)N[C@](C)(c3cccc(OC)c3)C2=O)cc1. The molecular formula is C20H21N3O6. The van der Waals surface area contributed by atoms with Gasteiger partial charge < -0.3 is 19.5 Å². The van der Waals surface area contributed by atoms with Gasteiger partial charge in [0.2, 0.25) is 0 Å². The van der Waals surface area contributed by atoms with Gasteiger partial charge in [0.15, 0.2) is 6.61 Å². The lowest BCUT2D eigenvalue weighted by molar-refractivity contribution is -0.139. The molecule has 0 radical (unpaired) electrons. The molecule has 152 valence electrons. The van der Waals surface area contributed by atoms with Gasteiger partial charge in [-0.2, -0.15) is 5.01 Å². The summed E-state index contributed by atoms with van der Waals surface area (Å²) >= 11 is 0. The summed E-state index contributed by atoms with van der Waals surface area (Å²) in [7, 11) is 3.05. The van der Waals surface area contributed by atoms with Crippen molar-refractivity contribution in [2.75, 3.05) is 20.8 Å². The van der Waals surface area contributed by atoms with Crippen molar-refractivity contribution in [1.29, 1.82) is 0 Å². The molecule has 0 aliphatic carbocycles. The van der Waals surface area contributed by atoms with Crippen molar-refractivity contribution in [3.8, 4) is 17.2 Å². The molecule has 2 aromatic rings. The maximum Gasteiger partial charge on any atom is 0.344 e. The number of carbonyl (C=O) groups excluding carboxylic acids is 3. The van der Waals surface area contributed by atoms with E-state index in [1.54, 1.807) is 62.6 Å². The zero-order valence-corrected chi connectivity index (χ0v) is 16.2. The molecule has 1 aliphatic heterocycles. The number of rotatable bonds is 7. The first-order valence-corrected chi connectivity index (χ1v) is 8.75. The molecule has 1 saturated heterocycles. The number of methoxy groups -OCH3 is 2. The van der Waals surface area contributed by atoms with Crippen LogP contribution in [-0.4, -0.2) is 43.7 Å². The molecule has 0 unspecified atom stereocenters. The number of nitrogens with one attached hydrogen (secondary N) is 2. The van der Waals surface area contributed by atoms with E-state index in [9.17, 15) is 14.4 Å². The smallest absolute Gasteiger partial charge is 0.344 e. The van der Waals surface area contributed by atoms with Gasteiger partial charge in [-0.15, -0.1) is 0 Å². The van der Waals surface area contributed by atoms with Crippen molar-refractivity contribution in [3.63, 3.8) is 0 Å². The van der Waals surface area contributed by atoms with E-state index in [1.807, 2.05) is 0 Å². The Morgan fingerprint density at radius 1 is 1.03 bits per heavy atom. The summed E-state index contributed by atoms with van der Waals surface area (Å²) < 4.78 is 15.6. The van der Waals surface area contributed by atoms with Gasteiger partial charge in [0.05, 0.1) is 14.2 Å². The van der Waals surface area contributed by atoms with E-state index in [2.05, 4.69) is 10.7 Å². The molecule has 1 aliphatic rings. The highest BCUT2D eigenvalue weighted by Gasteiger charge is 2.50. The first kappa shape index (κ1) is 20.0. The second-order valence-corrected chi connectivity index (χ2v) is 6.43. The molecule has 9 heteroatoms. The molecule has 1 fully saturated rings. The third-order valence-corrected chi connectivity index (χ3v) is 4.50. The van der Waals surface area contributed by atoms with Gasteiger partial charge in [-0.25, -0.2) is 4.79 Å². The van der Waals surface area contributed by atoms with Gasteiger partial charge in [-0.3, -0.25) is 15.0 Å². The molecule has 1 heterocycles. The maximum absolute atomic E-state index is 12.9. The normalized spacial score (nSPS) is 18.2. The van der Waals surface area contributed by atoms with Crippen molar-refractivity contribution in [2.24, 2.45) is 0 Å². The number of amides is 4. The molecule has 0 aromatic heterocycles. The molecule has 0 saturated carbocycles. The van der Waals surface area contributed by atoms with E-state index in [0.717, 1.165) is 0 Å². The monoisotopic (exact) mass is 399 g/mol. The third-order valence-electron chi connectivity index (χ3n) is 4.50. The highest BCUT2D eigenvalue weighted by molar-refractivity contribution is 6.08. The lowest BCUT2D eigenvalue weighted by atomic mass is 9.92. The van der Waals surface area contributed by atoms with Crippen LogP contribution in [0.5, 0.6) is 17.2 Å². The summed E-state index contributed by atoms with van der Waals surface area (Å²) in [5, 5.41) is 3.25. The lowest BCUT2D eigenvalue weighted by Crippen LogP contribution is -2.49. The molecule has 2 aromatic carbocycles. The predicted molar refractivity (Wildman–Crippen MR) is 102 cm³/mol. The van der Waals surface area contributed by atoms with Gasteiger partial charge in [-0.05, 0) is 48.9 Å². The number of hydrazine groups is 1. The topological polar surface area (TPSA) is 106 Å². The van der Waals surface area contributed by atoms with E-state index in [-0.39, 0.29) is 6.61 Å². The molecule has 29 heavy (non-hydrogen) atoms. The first-order valence-electron chi connectivity index (χ1n) is 8.75. The van der Waals surface area contributed by atoms with Crippen LogP contribution < -0.4 is 25.0 Å². The molecular weight excluding hydrogens is 378 g/mol. The highest BCUT2D eigenvalue weighted by Crippen LogP contribution is 2.30. The van der Waals surface area contributed by atoms with Crippen LogP contribution in [0.3, 0.4) is 0 Å². The quantitative estimate of drug-likeness (QED) is 0.685. The average Bonchev–Trinajstić information content (AvgIpc) is 2.96. The van der Waals surface area contributed by atoms with Crippen molar-refractivity contribution in [3.05, 3.63) is 54.1 Å². The van der Waals surface area contributed by atoms with Crippen LogP contribution in [0.4, 0.5) is 4.79 Å². The largest absolute Gasteiger partial charge is 0.497 e. The second kappa shape index (κ2) is 8.09. The Labute approximate surface area is 167 Å². The Morgan fingerprint density at radius 2 is 1.69 bits per heavy atom. The summed E-state index contributed by atoms with van der Waals surface area (Å²) in [6, 6.07) is 12.7. The minimum Gasteiger partial charge on any atom is -0.497 e. The Kier molecular flexibility index (Phi) is 5.58. The third kappa shape index (κ3) is 4.08. The van der Waals surface area contributed by atoms with Crippen molar-refractivity contribution in [1.82, 2.24) is 15.8 Å². The Bertz CT molecular complexity index is 930. The fraction of sp³-hybridized carbons (Fsp3) is 0.250. The van der Waals surface area contributed by atoms with Gasteiger partial charge >= 0.3 is 6.03 Å². The fourth-order valence-corrected chi connectivity index (χ4v) is 2.85. The first-order chi connectivity index (χ1) is 13.9. The number of nitrogens with zero attached hydrogens (tertiary/aromatic N) is 1. The fourth-order valence-electron chi connectivity index (χ4n) is 2.85. The van der Waals surface area contributed by atoms with Gasteiger partial charge in [0.25, 0.3) is 11.8 Å². The van der Waals surface area contributed by atoms with Crippen molar-refractivity contribution < 1.29 is 28.6 Å². The molecule has 0 spiro atoms. The minimum absolute atomic E-state index is 0.376.